The molecule has 0 fully saturated rings. The summed E-state index contributed by atoms with van der Waals surface area (Å²) in [6.07, 6.45) is 17.5. The van der Waals surface area contributed by atoms with E-state index in [4.69, 9.17) is 23.8 Å². The van der Waals surface area contributed by atoms with Gasteiger partial charge in [0.25, 0.3) is 0 Å². The van der Waals surface area contributed by atoms with Gasteiger partial charge in [-0.3, -0.25) is 0 Å². The van der Waals surface area contributed by atoms with Gasteiger partial charge in [-0.1, -0.05) is 134 Å². The van der Waals surface area contributed by atoms with Gasteiger partial charge in [0.05, 0.1) is 0 Å². The highest BCUT2D eigenvalue weighted by Gasteiger charge is 2.30. The smallest absolute Gasteiger partial charge is 0.164 e. The summed E-state index contributed by atoms with van der Waals surface area (Å²) >= 11 is 0. The Hall–Kier alpha value is -6.59. The van der Waals surface area contributed by atoms with Crippen molar-refractivity contribution < 1.29 is 8.83 Å². The molecule has 0 saturated carbocycles. The van der Waals surface area contributed by atoms with Crippen LogP contribution in [0.25, 0.3) is 78.5 Å². The number of aromatic nitrogens is 3. The number of hydrogen-bond acceptors (Lipinski definition) is 5. The van der Waals surface area contributed by atoms with E-state index < -0.39 is 0 Å². The van der Waals surface area contributed by atoms with Gasteiger partial charge in [-0.05, 0) is 41.3 Å². The zero-order valence-corrected chi connectivity index (χ0v) is 28.2. The number of benzene rings is 5. The molecule has 0 spiro atoms. The molecule has 2 atom stereocenters. The molecule has 52 heavy (non-hydrogen) atoms. The van der Waals surface area contributed by atoms with Crippen molar-refractivity contribution in [2.24, 2.45) is 5.92 Å². The van der Waals surface area contributed by atoms with Crippen molar-refractivity contribution in [2.45, 2.75) is 18.8 Å². The monoisotopic (exact) mass is 669 g/mol. The third-order valence-electron chi connectivity index (χ3n) is 10.8. The first-order valence-electron chi connectivity index (χ1n) is 17.9. The maximum Gasteiger partial charge on any atom is 0.164 e. The molecule has 5 nitrogen and oxygen atoms in total. The molecule has 3 aliphatic rings. The van der Waals surface area contributed by atoms with Crippen LogP contribution >= 0.6 is 0 Å². The van der Waals surface area contributed by atoms with E-state index in [-0.39, 0.29) is 11.8 Å². The van der Waals surface area contributed by atoms with E-state index in [9.17, 15) is 0 Å². The van der Waals surface area contributed by atoms with Crippen LogP contribution in [-0.4, -0.2) is 15.0 Å². The zero-order chi connectivity index (χ0) is 34.2. The van der Waals surface area contributed by atoms with Crippen molar-refractivity contribution >= 4 is 44.6 Å². The van der Waals surface area contributed by atoms with Crippen LogP contribution in [0.1, 0.15) is 40.6 Å². The van der Waals surface area contributed by atoms with E-state index in [1.807, 2.05) is 30.3 Å². The van der Waals surface area contributed by atoms with Gasteiger partial charge in [-0.15, -0.1) is 0 Å². The number of aryl methyl sites for hydroxylation is 1. The summed E-state index contributed by atoms with van der Waals surface area (Å²) in [7, 11) is 0. The highest BCUT2D eigenvalue weighted by atomic mass is 16.3. The fourth-order valence-corrected chi connectivity index (χ4v) is 8.32. The Labute approximate surface area is 300 Å². The highest BCUT2D eigenvalue weighted by Crippen LogP contribution is 2.45. The molecule has 0 N–H and O–H groups in total. The average Bonchev–Trinajstić information content (AvgIpc) is 3.79. The first kappa shape index (κ1) is 29.2. The van der Waals surface area contributed by atoms with Gasteiger partial charge in [0.15, 0.2) is 17.5 Å². The van der Waals surface area contributed by atoms with Crippen molar-refractivity contribution in [1.82, 2.24) is 15.0 Å². The largest absolute Gasteiger partial charge is 0.460 e. The molecular formula is C47H31N3O2. The first-order chi connectivity index (χ1) is 25.8. The van der Waals surface area contributed by atoms with Crippen LogP contribution in [0.15, 0.2) is 154 Å². The van der Waals surface area contributed by atoms with Crippen LogP contribution < -0.4 is 0 Å². The lowest BCUT2D eigenvalue weighted by Gasteiger charge is -2.30. The van der Waals surface area contributed by atoms with Crippen molar-refractivity contribution in [3.63, 3.8) is 0 Å². The van der Waals surface area contributed by atoms with E-state index in [1.165, 1.54) is 11.1 Å². The molecule has 3 aromatic heterocycles. The lowest BCUT2D eigenvalue weighted by Crippen LogP contribution is -2.17. The fourth-order valence-electron chi connectivity index (χ4n) is 8.32. The molecular weight excluding hydrogens is 639 g/mol. The first-order valence-corrected chi connectivity index (χ1v) is 17.9. The van der Waals surface area contributed by atoms with Crippen molar-refractivity contribution in [3.8, 4) is 33.9 Å². The van der Waals surface area contributed by atoms with Gasteiger partial charge in [-0.25, -0.2) is 15.0 Å². The standard InChI is InChI=1S/C47H31N3O2/c1-2-12-28(13-3-1)45-48-46(50-47(49-45)39-26-29-14-4-5-15-31(29)33-16-6-7-17-34(33)39)38-21-11-23-41-43(38)37-20-10-19-32(44(37)52-41)30-24-25-36-35-18-8-9-22-40(35)51-42(36)27-30/h1-8,10-21,23-27,29,31H,9,22H2. The SMILES string of the molecule is C1=CC2C=C(c3nc(-c4ccccc4)nc(-c4cccc5oc6c(-c7ccc8c9c(oc8c7)CCC=C9)cccc6c45)n3)c3ccccc3C2C=C1. The average molecular weight is 670 g/mol. The van der Waals surface area contributed by atoms with Crippen LogP contribution in [-0.2, 0) is 6.42 Å². The molecule has 11 rings (SSSR count). The number of furan rings is 2. The summed E-state index contributed by atoms with van der Waals surface area (Å²) in [4.78, 5) is 15.6. The Kier molecular flexibility index (Phi) is 6.44. The highest BCUT2D eigenvalue weighted by molar-refractivity contribution is 6.15. The third-order valence-corrected chi connectivity index (χ3v) is 10.8. The Morgan fingerprint density at radius 1 is 0.596 bits per heavy atom. The maximum atomic E-state index is 6.72. The van der Waals surface area contributed by atoms with E-state index in [1.54, 1.807) is 0 Å². The minimum Gasteiger partial charge on any atom is -0.460 e. The number of hydrogen-bond donors (Lipinski definition) is 0. The molecule has 0 aliphatic heterocycles. The Morgan fingerprint density at radius 3 is 2.37 bits per heavy atom. The van der Waals surface area contributed by atoms with Gasteiger partial charge in [0.1, 0.15) is 22.5 Å². The maximum absolute atomic E-state index is 6.72. The van der Waals surface area contributed by atoms with Crippen LogP contribution in [0.5, 0.6) is 0 Å². The number of rotatable bonds is 4. The number of allylic oxidation sites excluding steroid dienone is 6. The summed E-state index contributed by atoms with van der Waals surface area (Å²) in [5.74, 6) is 3.47. The van der Waals surface area contributed by atoms with E-state index in [0.29, 0.717) is 17.5 Å². The Balaban J connectivity index is 1.11. The summed E-state index contributed by atoms with van der Waals surface area (Å²) in [6, 6.07) is 37.8. The topological polar surface area (TPSA) is 65.0 Å². The number of para-hydroxylation sites is 1. The molecule has 5 aromatic carbocycles. The second-order valence-corrected chi connectivity index (χ2v) is 13.8. The number of fused-ring (bicyclic) bond motifs is 9. The quantitative estimate of drug-likeness (QED) is 0.187. The summed E-state index contributed by atoms with van der Waals surface area (Å²) < 4.78 is 13.1. The summed E-state index contributed by atoms with van der Waals surface area (Å²) in [6.45, 7) is 0. The molecule has 0 amide bonds. The second kappa shape index (κ2) is 11.5. The molecule has 8 aromatic rings. The second-order valence-electron chi connectivity index (χ2n) is 13.8. The van der Waals surface area contributed by atoms with Crippen molar-refractivity contribution in [2.75, 3.05) is 0 Å². The lowest BCUT2D eigenvalue weighted by molar-refractivity contribution is 0.546. The van der Waals surface area contributed by atoms with Gasteiger partial charge in [0, 0.05) is 62.2 Å². The Morgan fingerprint density at radius 2 is 1.40 bits per heavy atom. The van der Waals surface area contributed by atoms with Gasteiger partial charge < -0.3 is 8.83 Å². The zero-order valence-electron chi connectivity index (χ0n) is 28.2. The van der Waals surface area contributed by atoms with Crippen LogP contribution in [0.4, 0.5) is 0 Å². The molecule has 0 bridgehead atoms. The third kappa shape index (κ3) is 4.52. The van der Waals surface area contributed by atoms with Gasteiger partial charge in [0.2, 0.25) is 0 Å². The molecule has 0 radical (unpaired) electrons. The molecule has 3 aliphatic carbocycles. The van der Waals surface area contributed by atoms with Gasteiger partial charge >= 0.3 is 0 Å². The van der Waals surface area contributed by atoms with E-state index in [2.05, 4.69) is 121 Å². The number of nitrogens with zero attached hydrogens (tertiary/aromatic N) is 3. The Bertz CT molecular complexity index is 2870. The van der Waals surface area contributed by atoms with Crippen LogP contribution in [0.3, 0.4) is 0 Å². The van der Waals surface area contributed by atoms with E-state index in [0.717, 1.165) is 84.9 Å². The summed E-state index contributed by atoms with van der Waals surface area (Å²) in [5, 5.41) is 3.14. The fraction of sp³-hybridized carbons (Fsp3) is 0.0851. The molecule has 2 unspecified atom stereocenters. The molecule has 5 heteroatoms. The predicted octanol–water partition coefficient (Wildman–Crippen LogP) is 11.7. The normalized spacial score (nSPS) is 17.3. The van der Waals surface area contributed by atoms with E-state index >= 15 is 0 Å². The summed E-state index contributed by atoms with van der Waals surface area (Å²) in [5.41, 5.74) is 11.1. The van der Waals surface area contributed by atoms with Crippen LogP contribution in [0.2, 0.25) is 0 Å². The lowest BCUT2D eigenvalue weighted by atomic mass is 9.74. The minimum absolute atomic E-state index is 0.220. The molecule has 246 valence electrons. The van der Waals surface area contributed by atoms with Crippen LogP contribution in [0, 0.1) is 5.92 Å². The molecule has 3 heterocycles. The van der Waals surface area contributed by atoms with Gasteiger partial charge in [-0.2, -0.15) is 0 Å². The van der Waals surface area contributed by atoms with Crippen molar-refractivity contribution in [1.29, 1.82) is 0 Å². The van der Waals surface area contributed by atoms with Crippen molar-refractivity contribution in [3.05, 3.63) is 174 Å². The molecule has 0 saturated heterocycles. The predicted molar refractivity (Wildman–Crippen MR) is 209 cm³/mol. The minimum atomic E-state index is 0.220.